The van der Waals surface area contributed by atoms with Crippen LogP contribution in [-0.4, -0.2) is 13.0 Å². The van der Waals surface area contributed by atoms with E-state index in [1.54, 1.807) is 24.3 Å². The quantitative estimate of drug-likeness (QED) is 0.812. The van der Waals surface area contributed by atoms with Gasteiger partial charge in [-0.1, -0.05) is 15.9 Å². The molecule has 0 spiro atoms. The minimum absolute atomic E-state index is 0.126. The van der Waals surface area contributed by atoms with Gasteiger partial charge in [-0.25, -0.2) is 4.39 Å². The van der Waals surface area contributed by atoms with Gasteiger partial charge in [0.1, 0.15) is 0 Å². The predicted molar refractivity (Wildman–Crippen MR) is 82.3 cm³/mol. The molecule has 2 aromatic carbocycles. The number of thiol groups is 1. The number of carbonyl (C=O) groups is 1. The third kappa shape index (κ3) is 3.32. The molecule has 20 heavy (non-hydrogen) atoms. The maximum absolute atomic E-state index is 13.5. The zero-order chi connectivity index (χ0) is 14.7. The summed E-state index contributed by atoms with van der Waals surface area (Å²) in [4.78, 5) is 12.6. The van der Waals surface area contributed by atoms with Gasteiger partial charge in [0.25, 0.3) is 5.91 Å². The zero-order valence-electron chi connectivity index (χ0n) is 10.5. The Kier molecular flexibility index (Phi) is 4.67. The van der Waals surface area contributed by atoms with Gasteiger partial charge in [-0.3, -0.25) is 4.79 Å². The van der Waals surface area contributed by atoms with Gasteiger partial charge in [0.15, 0.2) is 11.6 Å². The third-order valence-corrected chi connectivity index (χ3v) is 3.48. The monoisotopic (exact) mass is 355 g/mol. The van der Waals surface area contributed by atoms with Crippen LogP contribution in [0.25, 0.3) is 0 Å². The molecule has 0 radical (unpaired) electrons. The number of benzene rings is 2. The number of methoxy groups -OCH3 is 1. The van der Waals surface area contributed by atoms with Crippen LogP contribution in [0.15, 0.2) is 45.8 Å². The fourth-order valence-corrected chi connectivity index (χ4v) is 2.49. The van der Waals surface area contributed by atoms with Gasteiger partial charge in [0.2, 0.25) is 0 Å². The average Bonchev–Trinajstić information content (AvgIpc) is 2.38. The van der Waals surface area contributed by atoms with Crippen molar-refractivity contribution in [2.24, 2.45) is 0 Å². The predicted octanol–water partition coefficient (Wildman–Crippen LogP) is 4.14. The Balaban J connectivity index is 2.21. The smallest absolute Gasteiger partial charge is 0.256 e. The molecule has 0 saturated heterocycles. The van der Waals surface area contributed by atoms with Crippen LogP contribution >= 0.6 is 28.6 Å². The summed E-state index contributed by atoms with van der Waals surface area (Å²) >= 11 is 7.53. The van der Waals surface area contributed by atoms with Crippen molar-refractivity contribution in [1.29, 1.82) is 0 Å². The Morgan fingerprint density at radius 1 is 1.30 bits per heavy atom. The zero-order valence-corrected chi connectivity index (χ0v) is 13.0. The number of carbonyl (C=O) groups excluding carboxylic acids is 1. The molecule has 0 heterocycles. The Hall–Kier alpha value is -1.53. The van der Waals surface area contributed by atoms with E-state index >= 15 is 0 Å². The van der Waals surface area contributed by atoms with Crippen molar-refractivity contribution in [2.75, 3.05) is 12.4 Å². The second-order valence-corrected chi connectivity index (χ2v) is 5.36. The molecule has 0 unspecified atom stereocenters. The molecule has 3 nitrogen and oxygen atoms in total. The highest BCUT2D eigenvalue weighted by molar-refractivity contribution is 9.10. The lowest BCUT2D eigenvalue weighted by molar-refractivity contribution is 0.102. The molecular formula is C14H11BrFNO2S. The lowest BCUT2D eigenvalue weighted by atomic mass is 10.2. The molecule has 104 valence electrons. The molecule has 0 saturated carbocycles. The van der Waals surface area contributed by atoms with Gasteiger partial charge in [-0.2, -0.15) is 0 Å². The molecular weight excluding hydrogens is 345 g/mol. The molecule has 2 aromatic rings. The van der Waals surface area contributed by atoms with Crippen molar-refractivity contribution < 1.29 is 13.9 Å². The summed E-state index contributed by atoms with van der Waals surface area (Å²) in [6.07, 6.45) is 0. The maximum Gasteiger partial charge on any atom is 0.256 e. The fraction of sp³-hybridized carbons (Fsp3) is 0.0714. The first-order chi connectivity index (χ1) is 9.51. The summed E-state index contributed by atoms with van der Waals surface area (Å²) in [7, 11) is 1.38. The standard InChI is InChI=1S/C14H11BrFNO2S/c1-19-12-5-3-9(7-11(12)16)17-14(18)10-4-2-8(15)6-13(10)20/h2-7,20H,1H3,(H,17,18). The number of hydrogen-bond acceptors (Lipinski definition) is 3. The van der Waals surface area contributed by atoms with Crippen LogP contribution < -0.4 is 10.1 Å². The van der Waals surface area contributed by atoms with E-state index in [0.29, 0.717) is 16.1 Å². The highest BCUT2D eigenvalue weighted by Crippen LogP contribution is 2.23. The van der Waals surface area contributed by atoms with Crippen LogP contribution in [0.1, 0.15) is 10.4 Å². The van der Waals surface area contributed by atoms with Crippen molar-refractivity contribution in [2.45, 2.75) is 4.90 Å². The van der Waals surface area contributed by atoms with Crippen molar-refractivity contribution in [1.82, 2.24) is 0 Å². The summed E-state index contributed by atoms with van der Waals surface area (Å²) in [5, 5.41) is 2.61. The molecule has 1 amide bonds. The highest BCUT2D eigenvalue weighted by atomic mass is 79.9. The molecule has 0 aliphatic rings. The second kappa shape index (κ2) is 6.28. The third-order valence-electron chi connectivity index (χ3n) is 2.61. The van der Waals surface area contributed by atoms with Gasteiger partial charge in [0, 0.05) is 21.1 Å². The number of halogens is 2. The summed E-state index contributed by atoms with van der Waals surface area (Å²) in [6.45, 7) is 0. The van der Waals surface area contributed by atoms with E-state index in [0.717, 1.165) is 4.47 Å². The lowest BCUT2D eigenvalue weighted by Crippen LogP contribution is -2.12. The SMILES string of the molecule is COc1ccc(NC(=O)c2ccc(Br)cc2S)cc1F. The minimum Gasteiger partial charge on any atom is -0.494 e. The average molecular weight is 356 g/mol. The Bertz CT molecular complexity index is 664. The van der Waals surface area contributed by atoms with Crippen LogP contribution in [-0.2, 0) is 0 Å². The largest absolute Gasteiger partial charge is 0.494 e. The number of ether oxygens (including phenoxy) is 1. The summed E-state index contributed by atoms with van der Waals surface area (Å²) in [6, 6.07) is 9.32. The molecule has 0 atom stereocenters. The van der Waals surface area contributed by atoms with Crippen molar-refractivity contribution in [3.8, 4) is 5.75 Å². The van der Waals surface area contributed by atoms with E-state index in [4.69, 9.17) is 4.74 Å². The summed E-state index contributed by atoms with van der Waals surface area (Å²) in [5.74, 6) is -0.763. The van der Waals surface area contributed by atoms with E-state index in [9.17, 15) is 9.18 Å². The van der Waals surface area contributed by atoms with Crippen LogP contribution in [0, 0.1) is 5.82 Å². The number of nitrogens with one attached hydrogen (secondary N) is 1. The minimum atomic E-state index is -0.535. The first-order valence-corrected chi connectivity index (χ1v) is 6.88. The second-order valence-electron chi connectivity index (χ2n) is 3.96. The lowest BCUT2D eigenvalue weighted by Gasteiger charge is -2.09. The van der Waals surface area contributed by atoms with E-state index in [2.05, 4.69) is 33.9 Å². The molecule has 0 aliphatic carbocycles. The molecule has 0 aliphatic heterocycles. The molecule has 0 aromatic heterocycles. The Labute approximate surface area is 129 Å². The molecule has 0 bridgehead atoms. The van der Waals surface area contributed by atoms with Crippen molar-refractivity contribution >= 4 is 40.2 Å². The van der Waals surface area contributed by atoms with Crippen LogP contribution in [0.3, 0.4) is 0 Å². The summed E-state index contributed by atoms with van der Waals surface area (Å²) < 4.78 is 19.2. The van der Waals surface area contributed by atoms with Gasteiger partial charge in [0.05, 0.1) is 12.7 Å². The molecule has 1 N–H and O–H groups in total. The molecule has 0 fully saturated rings. The van der Waals surface area contributed by atoms with Crippen LogP contribution in [0.5, 0.6) is 5.75 Å². The maximum atomic E-state index is 13.5. The van der Waals surface area contributed by atoms with Crippen LogP contribution in [0.2, 0.25) is 0 Å². The number of amides is 1. The fourth-order valence-electron chi connectivity index (χ4n) is 1.64. The topological polar surface area (TPSA) is 38.3 Å². The van der Waals surface area contributed by atoms with E-state index in [1.165, 1.54) is 19.2 Å². The first-order valence-electron chi connectivity index (χ1n) is 5.64. The van der Waals surface area contributed by atoms with Crippen molar-refractivity contribution in [3.63, 3.8) is 0 Å². The van der Waals surface area contributed by atoms with Gasteiger partial charge in [-0.05, 0) is 30.3 Å². The first kappa shape index (κ1) is 14.9. The van der Waals surface area contributed by atoms with Gasteiger partial charge >= 0.3 is 0 Å². The van der Waals surface area contributed by atoms with Crippen LogP contribution in [0.4, 0.5) is 10.1 Å². The van der Waals surface area contributed by atoms with Gasteiger partial charge in [-0.15, -0.1) is 12.6 Å². The Morgan fingerprint density at radius 2 is 2.05 bits per heavy atom. The van der Waals surface area contributed by atoms with E-state index in [1.807, 2.05) is 0 Å². The molecule has 2 rings (SSSR count). The summed E-state index contributed by atoms with van der Waals surface area (Å²) in [5.41, 5.74) is 0.761. The van der Waals surface area contributed by atoms with E-state index in [-0.39, 0.29) is 11.7 Å². The van der Waals surface area contributed by atoms with E-state index < -0.39 is 5.82 Å². The van der Waals surface area contributed by atoms with Crippen molar-refractivity contribution in [3.05, 3.63) is 52.3 Å². The number of anilines is 1. The number of hydrogen-bond donors (Lipinski definition) is 2. The normalized spacial score (nSPS) is 10.2. The Morgan fingerprint density at radius 3 is 2.65 bits per heavy atom. The van der Waals surface area contributed by atoms with Gasteiger partial charge < -0.3 is 10.1 Å². The molecule has 6 heteroatoms. The highest BCUT2D eigenvalue weighted by Gasteiger charge is 2.11. The number of rotatable bonds is 3.